The van der Waals surface area contributed by atoms with Crippen molar-refractivity contribution in [3.63, 3.8) is 0 Å². The van der Waals surface area contributed by atoms with E-state index in [0.717, 1.165) is 38.8 Å². The van der Waals surface area contributed by atoms with Gasteiger partial charge in [-0.3, -0.25) is 4.79 Å². The van der Waals surface area contributed by atoms with Crippen molar-refractivity contribution in [1.29, 1.82) is 0 Å². The number of benzene rings is 1. The molecule has 182 valence electrons. The van der Waals surface area contributed by atoms with Crippen molar-refractivity contribution in [2.75, 3.05) is 20.2 Å². The Bertz CT molecular complexity index is 861. The normalized spacial score (nSPS) is 23.4. The Kier molecular flexibility index (Phi) is 7.07. The minimum Gasteiger partial charge on any atom is -0.469 e. The second-order valence-electron chi connectivity index (χ2n) is 11.5. The van der Waals surface area contributed by atoms with Crippen LogP contribution in [0.2, 0.25) is 0 Å². The molecule has 0 aromatic heterocycles. The number of carbonyl (C=O) groups excluding carboxylic acids is 2. The second kappa shape index (κ2) is 9.68. The molecule has 4 rings (SSSR count). The summed E-state index contributed by atoms with van der Waals surface area (Å²) < 4.78 is 10.6. The summed E-state index contributed by atoms with van der Waals surface area (Å²) in [6.07, 6.45) is 7.84. The Morgan fingerprint density at radius 3 is 2.30 bits per heavy atom. The average molecular weight is 456 g/mol. The molecule has 5 nitrogen and oxygen atoms in total. The van der Waals surface area contributed by atoms with E-state index in [4.69, 9.17) is 9.47 Å². The van der Waals surface area contributed by atoms with Crippen molar-refractivity contribution >= 4 is 12.1 Å². The SMILES string of the molecule is COC(=O)[C@@H](C)[C@H](c1ccc2c(c1)CC(C1CCN(C(=O)OC(C)(C)C)CC1)CC2)C1CC1. The molecule has 3 atom stereocenters. The predicted octanol–water partition coefficient (Wildman–Crippen LogP) is 5.74. The van der Waals surface area contributed by atoms with Crippen molar-refractivity contribution < 1.29 is 19.1 Å². The van der Waals surface area contributed by atoms with Gasteiger partial charge in [-0.1, -0.05) is 25.1 Å². The number of amides is 1. The molecule has 1 saturated carbocycles. The van der Waals surface area contributed by atoms with Crippen LogP contribution in [-0.2, 0) is 27.1 Å². The van der Waals surface area contributed by atoms with Gasteiger partial charge < -0.3 is 14.4 Å². The van der Waals surface area contributed by atoms with E-state index in [1.165, 1.54) is 43.1 Å². The van der Waals surface area contributed by atoms with Crippen LogP contribution in [-0.4, -0.2) is 42.8 Å². The average Bonchev–Trinajstić information content (AvgIpc) is 3.62. The van der Waals surface area contributed by atoms with Crippen LogP contribution in [0.25, 0.3) is 0 Å². The van der Waals surface area contributed by atoms with Crippen LogP contribution in [0.4, 0.5) is 4.79 Å². The Hall–Kier alpha value is -2.04. The van der Waals surface area contributed by atoms with Gasteiger partial charge in [-0.05, 0) is 106 Å². The monoisotopic (exact) mass is 455 g/mol. The largest absolute Gasteiger partial charge is 0.469 e. The maximum Gasteiger partial charge on any atom is 0.410 e. The molecule has 1 saturated heterocycles. The highest BCUT2D eigenvalue weighted by molar-refractivity contribution is 5.73. The van der Waals surface area contributed by atoms with Gasteiger partial charge in [0.05, 0.1) is 13.0 Å². The number of piperidine rings is 1. The number of rotatable bonds is 5. The van der Waals surface area contributed by atoms with Gasteiger partial charge in [-0.2, -0.15) is 0 Å². The lowest BCUT2D eigenvalue weighted by molar-refractivity contribution is -0.145. The Balaban J connectivity index is 1.40. The number of esters is 1. The Labute approximate surface area is 199 Å². The van der Waals surface area contributed by atoms with E-state index in [1.54, 1.807) is 0 Å². The fourth-order valence-electron chi connectivity index (χ4n) is 6.05. The first-order valence-corrected chi connectivity index (χ1v) is 12.8. The molecule has 2 fully saturated rings. The summed E-state index contributed by atoms with van der Waals surface area (Å²) in [5.74, 6) is 2.00. The zero-order valence-electron chi connectivity index (χ0n) is 21.1. The number of hydrogen-bond donors (Lipinski definition) is 0. The third-order valence-electron chi connectivity index (χ3n) is 7.98. The number of aryl methyl sites for hydroxylation is 1. The molecule has 2 aliphatic carbocycles. The van der Waals surface area contributed by atoms with Gasteiger partial charge in [0.25, 0.3) is 0 Å². The van der Waals surface area contributed by atoms with Crippen LogP contribution in [0.3, 0.4) is 0 Å². The molecule has 0 spiro atoms. The van der Waals surface area contributed by atoms with Crippen molar-refractivity contribution in [2.45, 2.75) is 84.2 Å². The molecule has 0 N–H and O–H groups in total. The number of ether oxygens (including phenoxy) is 2. The van der Waals surface area contributed by atoms with E-state index in [0.29, 0.717) is 17.8 Å². The van der Waals surface area contributed by atoms with E-state index in [1.807, 2.05) is 32.6 Å². The lowest BCUT2D eigenvalue weighted by Gasteiger charge is -2.38. The minimum absolute atomic E-state index is 0.0979. The maximum absolute atomic E-state index is 12.4. The number of likely N-dealkylation sites (tertiary alicyclic amines) is 1. The number of carbonyl (C=O) groups is 2. The van der Waals surface area contributed by atoms with Crippen LogP contribution in [0.1, 0.15) is 82.4 Å². The predicted molar refractivity (Wildman–Crippen MR) is 129 cm³/mol. The summed E-state index contributed by atoms with van der Waals surface area (Å²) in [7, 11) is 1.49. The maximum atomic E-state index is 12.4. The van der Waals surface area contributed by atoms with E-state index in [2.05, 4.69) is 18.2 Å². The van der Waals surface area contributed by atoms with Gasteiger partial charge >= 0.3 is 12.1 Å². The number of nitrogens with zero attached hydrogens (tertiary/aromatic N) is 1. The van der Waals surface area contributed by atoms with Crippen LogP contribution in [0, 0.1) is 23.7 Å². The van der Waals surface area contributed by atoms with Crippen LogP contribution < -0.4 is 0 Å². The molecule has 1 aromatic carbocycles. The first-order valence-electron chi connectivity index (χ1n) is 12.8. The highest BCUT2D eigenvalue weighted by Crippen LogP contribution is 2.48. The summed E-state index contributed by atoms with van der Waals surface area (Å²) in [4.78, 5) is 26.6. The summed E-state index contributed by atoms with van der Waals surface area (Å²) in [5.41, 5.74) is 3.82. The van der Waals surface area contributed by atoms with Crippen LogP contribution in [0.15, 0.2) is 18.2 Å². The summed E-state index contributed by atoms with van der Waals surface area (Å²) >= 11 is 0. The lowest BCUT2D eigenvalue weighted by Crippen LogP contribution is -2.43. The van der Waals surface area contributed by atoms with Crippen LogP contribution >= 0.6 is 0 Å². The quantitative estimate of drug-likeness (QED) is 0.531. The standard InChI is InChI=1S/C28H41NO4/c1-18(26(30)32-5)25(21-8-9-21)23-11-7-19-6-10-22(16-24(19)17-23)20-12-14-29(15-13-20)27(31)33-28(2,3)4/h7,11,17-18,20-22,25H,6,8-10,12-16H2,1-5H3/t18-,22?,25-/m0/s1. The summed E-state index contributed by atoms with van der Waals surface area (Å²) in [6.45, 7) is 9.38. The molecule has 1 heterocycles. The molecule has 1 amide bonds. The molecule has 0 bridgehead atoms. The van der Waals surface area contributed by atoms with Gasteiger partial charge in [0.2, 0.25) is 0 Å². The Morgan fingerprint density at radius 1 is 1.00 bits per heavy atom. The molecule has 3 aliphatic rings. The van der Waals surface area contributed by atoms with Crippen molar-refractivity contribution in [3.05, 3.63) is 34.9 Å². The summed E-state index contributed by atoms with van der Waals surface area (Å²) in [6, 6.07) is 6.98. The molecule has 5 heteroatoms. The molecule has 1 aromatic rings. The molecular weight excluding hydrogens is 414 g/mol. The molecule has 1 unspecified atom stereocenters. The van der Waals surface area contributed by atoms with Crippen molar-refractivity contribution in [3.8, 4) is 0 Å². The van der Waals surface area contributed by atoms with Gasteiger partial charge in [0.1, 0.15) is 5.60 Å². The first kappa shape index (κ1) is 24.1. The van der Waals surface area contributed by atoms with E-state index >= 15 is 0 Å². The first-order chi connectivity index (χ1) is 15.7. The topological polar surface area (TPSA) is 55.8 Å². The molecule has 33 heavy (non-hydrogen) atoms. The van der Waals surface area contributed by atoms with Crippen molar-refractivity contribution in [2.24, 2.45) is 23.7 Å². The minimum atomic E-state index is -0.442. The Morgan fingerprint density at radius 2 is 1.70 bits per heavy atom. The highest BCUT2D eigenvalue weighted by Gasteiger charge is 2.40. The smallest absolute Gasteiger partial charge is 0.410 e. The third kappa shape index (κ3) is 5.73. The van der Waals surface area contributed by atoms with Gasteiger partial charge in [-0.25, -0.2) is 4.79 Å². The summed E-state index contributed by atoms with van der Waals surface area (Å²) in [5, 5.41) is 0. The van der Waals surface area contributed by atoms with Crippen LogP contribution in [0.5, 0.6) is 0 Å². The zero-order chi connectivity index (χ0) is 23.8. The van der Waals surface area contributed by atoms with E-state index in [9.17, 15) is 9.59 Å². The van der Waals surface area contributed by atoms with Crippen molar-refractivity contribution in [1.82, 2.24) is 4.90 Å². The zero-order valence-corrected chi connectivity index (χ0v) is 21.1. The highest BCUT2D eigenvalue weighted by atomic mass is 16.6. The van der Waals surface area contributed by atoms with E-state index < -0.39 is 5.60 Å². The lowest BCUT2D eigenvalue weighted by atomic mass is 9.72. The number of methoxy groups -OCH3 is 1. The van der Waals surface area contributed by atoms with Gasteiger partial charge in [0, 0.05) is 13.1 Å². The van der Waals surface area contributed by atoms with Gasteiger partial charge in [-0.15, -0.1) is 0 Å². The van der Waals surface area contributed by atoms with E-state index in [-0.39, 0.29) is 23.9 Å². The molecule has 0 radical (unpaired) electrons. The fraction of sp³-hybridized carbons (Fsp3) is 0.714. The van der Waals surface area contributed by atoms with Gasteiger partial charge in [0.15, 0.2) is 0 Å². The molecular formula is C28H41NO4. The number of hydrogen-bond acceptors (Lipinski definition) is 4. The fourth-order valence-corrected chi connectivity index (χ4v) is 6.05. The second-order valence-corrected chi connectivity index (χ2v) is 11.5. The number of fused-ring (bicyclic) bond motifs is 1. The third-order valence-corrected chi connectivity index (χ3v) is 7.98. The molecule has 1 aliphatic heterocycles.